The van der Waals surface area contributed by atoms with Crippen LogP contribution >= 0.6 is 0 Å². The van der Waals surface area contributed by atoms with Crippen molar-refractivity contribution in [3.8, 4) is 11.1 Å². The summed E-state index contributed by atoms with van der Waals surface area (Å²) in [6.07, 6.45) is 1.37. The van der Waals surface area contributed by atoms with E-state index in [1.54, 1.807) is 4.90 Å². The minimum Gasteiger partial charge on any atom is -0.396 e. The second kappa shape index (κ2) is 7.55. The highest BCUT2D eigenvalue weighted by Gasteiger charge is 2.33. The van der Waals surface area contributed by atoms with Gasteiger partial charge >= 0.3 is 0 Å². The Labute approximate surface area is 158 Å². The van der Waals surface area contributed by atoms with Crippen LogP contribution in [-0.2, 0) is 0 Å². The van der Waals surface area contributed by atoms with E-state index in [9.17, 15) is 15.0 Å². The van der Waals surface area contributed by atoms with Crippen molar-refractivity contribution < 1.29 is 15.0 Å². The normalized spacial score (nSPS) is 20.1. The number of piperidine rings is 1. The molecule has 2 aromatic carbocycles. The van der Waals surface area contributed by atoms with Gasteiger partial charge in [-0.05, 0) is 30.4 Å². The van der Waals surface area contributed by atoms with Gasteiger partial charge in [-0.3, -0.25) is 4.79 Å². The summed E-state index contributed by atoms with van der Waals surface area (Å²) in [5.41, 5.74) is 3.37. The zero-order chi connectivity index (χ0) is 18.8. The highest BCUT2D eigenvalue weighted by Crippen LogP contribution is 2.34. The molecule has 0 saturated carbocycles. The maximum atomic E-state index is 13.4. The number of aliphatic hydroxyl groups is 2. The van der Waals surface area contributed by atoms with Crippen LogP contribution in [0, 0.1) is 5.92 Å². The molecule has 1 aliphatic rings. The van der Waals surface area contributed by atoms with Gasteiger partial charge in [0.2, 0.25) is 0 Å². The first kappa shape index (κ1) is 17.8. The lowest BCUT2D eigenvalue weighted by Gasteiger charge is -2.38. The Morgan fingerprint density at radius 3 is 2.52 bits per heavy atom. The number of para-hydroxylation sites is 1. The summed E-state index contributed by atoms with van der Waals surface area (Å²) in [7, 11) is 0. The van der Waals surface area contributed by atoms with E-state index in [4.69, 9.17) is 0 Å². The van der Waals surface area contributed by atoms with Crippen molar-refractivity contribution in [3.05, 3.63) is 60.3 Å². The lowest BCUT2D eigenvalue weighted by atomic mass is 9.91. The molecule has 1 fully saturated rings. The van der Waals surface area contributed by atoms with Crippen molar-refractivity contribution >= 4 is 16.8 Å². The SMILES string of the molecule is O=C(c1[nH]c2ccccc2c1-c1ccccc1)N1CC[C@@H](CO)C[C@H]1CO. The van der Waals surface area contributed by atoms with Crippen LogP contribution in [0.25, 0.3) is 22.0 Å². The number of nitrogens with one attached hydrogen (secondary N) is 1. The van der Waals surface area contributed by atoms with Crippen LogP contribution in [-0.4, -0.2) is 51.8 Å². The first-order chi connectivity index (χ1) is 13.2. The molecule has 5 heteroatoms. The predicted molar refractivity (Wildman–Crippen MR) is 105 cm³/mol. The second-order valence-corrected chi connectivity index (χ2v) is 7.19. The molecule has 140 valence electrons. The largest absolute Gasteiger partial charge is 0.396 e. The number of fused-ring (bicyclic) bond motifs is 1. The number of hydrogen-bond donors (Lipinski definition) is 3. The van der Waals surface area contributed by atoms with Crippen molar-refractivity contribution in [2.24, 2.45) is 5.92 Å². The van der Waals surface area contributed by atoms with Crippen LogP contribution < -0.4 is 0 Å². The predicted octanol–water partition coefficient (Wildman–Crippen LogP) is 3.04. The summed E-state index contributed by atoms with van der Waals surface area (Å²) < 4.78 is 0. The van der Waals surface area contributed by atoms with Gasteiger partial charge in [0, 0.05) is 29.6 Å². The molecule has 0 unspecified atom stereocenters. The molecule has 4 rings (SSSR count). The number of benzene rings is 2. The summed E-state index contributed by atoms with van der Waals surface area (Å²) in [6, 6.07) is 17.6. The van der Waals surface area contributed by atoms with E-state index in [-0.39, 0.29) is 31.1 Å². The number of H-pyrrole nitrogens is 1. The fraction of sp³-hybridized carbons (Fsp3) is 0.318. The quantitative estimate of drug-likeness (QED) is 0.666. The number of hydrogen-bond acceptors (Lipinski definition) is 3. The number of aromatic amines is 1. The summed E-state index contributed by atoms with van der Waals surface area (Å²) >= 11 is 0. The van der Waals surface area contributed by atoms with Gasteiger partial charge in [-0.1, -0.05) is 48.5 Å². The lowest BCUT2D eigenvalue weighted by Crippen LogP contribution is -2.48. The number of carbonyl (C=O) groups excluding carboxylic acids is 1. The van der Waals surface area contributed by atoms with E-state index in [0.717, 1.165) is 28.5 Å². The van der Waals surface area contributed by atoms with Gasteiger partial charge < -0.3 is 20.1 Å². The molecule has 1 aliphatic heterocycles. The number of likely N-dealkylation sites (tertiary alicyclic amines) is 1. The standard InChI is InChI=1S/C22H24N2O3/c25-13-15-10-11-24(17(12-15)14-26)22(27)21-20(16-6-2-1-3-7-16)18-8-4-5-9-19(18)23-21/h1-9,15,17,23,25-26H,10-14H2/t15-,17+/m1/s1. The monoisotopic (exact) mass is 364 g/mol. The van der Waals surface area contributed by atoms with E-state index in [2.05, 4.69) is 4.98 Å². The molecule has 5 nitrogen and oxygen atoms in total. The van der Waals surface area contributed by atoms with Crippen LogP contribution in [0.3, 0.4) is 0 Å². The highest BCUT2D eigenvalue weighted by molar-refractivity contribution is 6.09. The fourth-order valence-corrected chi connectivity index (χ4v) is 4.09. The van der Waals surface area contributed by atoms with E-state index in [1.807, 2.05) is 54.6 Å². The first-order valence-electron chi connectivity index (χ1n) is 9.41. The molecular weight excluding hydrogens is 340 g/mol. The molecule has 2 atom stereocenters. The molecule has 3 N–H and O–H groups in total. The van der Waals surface area contributed by atoms with E-state index >= 15 is 0 Å². The summed E-state index contributed by atoms with van der Waals surface area (Å²) in [6.45, 7) is 0.544. The zero-order valence-corrected chi connectivity index (χ0v) is 15.1. The maximum absolute atomic E-state index is 13.4. The molecular formula is C22H24N2O3. The average molecular weight is 364 g/mol. The van der Waals surface area contributed by atoms with Gasteiger partial charge in [-0.15, -0.1) is 0 Å². The number of aromatic nitrogens is 1. The Bertz CT molecular complexity index is 935. The second-order valence-electron chi connectivity index (χ2n) is 7.19. The zero-order valence-electron chi connectivity index (χ0n) is 15.1. The highest BCUT2D eigenvalue weighted by atomic mass is 16.3. The topological polar surface area (TPSA) is 76.6 Å². The Morgan fingerprint density at radius 1 is 1.04 bits per heavy atom. The van der Waals surface area contributed by atoms with Crippen LogP contribution in [0.5, 0.6) is 0 Å². The minimum atomic E-state index is -0.265. The Morgan fingerprint density at radius 2 is 1.78 bits per heavy atom. The maximum Gasteiger partial charge on any atom is 0.271 e. The number of aliphatic hydroxyl groups excluding tert-OH is 2. The smallest absolute Gasteiger partial charge is 0.271 e. The van der Waals surface area contributed by atoms with Crippen molar-refractivity contribution in [1.82, 2.24) is 9.88 Å². The van der Waals surface area contributed by atoms with E-state index in [0.29, 0.717) is 18.7 Å². The number of rotatable bonds is 4. The van der Waals surface area contributed by atoms with E-state index in [1.165, 1.54) is 0 Å². The molecule has 0 bridgehead atoms. The number of carbonyl (C=O) groups is 1. The van der Waals surface area contributed by atoms with Gasteiger partial charge in [0.25, 0.3) is 5.91 Å². The van der Waals surface area contributed by atoms with Crippen molar-refractivity contribution in [2.75, 3.05) is 19.8 Å². The van der Waals surface area contributed by atoms with Gasteiger partial charge in [-0.2, -0.15) is 0 Å². The molecule has 0 aliphatic carbocycles. The van der Waals surface area contributed by atoms with Gasteiger partial charge in [-0.25, -0.2) is 0 Å². The molecule has 27 heavy (non-hydrogen) atoms. The van der Waals surface area contributed by atoms with E-state index < -0.39 is 0 Å². The van der Waals surface area contributed by atoms with Gasteiger partial charge in [0.15, 0.2) is 0 Å². The van der Waals surface area contributed by atoms with Crippen LogP contribution in [0.15, 0.2) is 54.6 Å². The van der Waals surface area contributed by atoms with Crippen LogP contribution in [0.2, 0.25) is 0 Å². The molecule has 1 saturated heterocycles. The van der Waals surface area contributed by atoms with Crippen LogP contribution in [0.1, 0.15) is 23.3 Å². The molecule has 2 heterocycles. The van der Waals surface area contributed by atoms with Gasteiger partial charge in [0.05, 0.1) is 12.6 Å². The minimum absolute atomic E-state index is 0.0941. The third-order valence-electron chi connectivity index (χ3n) is 5.54. The van der Waals surface area contributed by atoms with Crippen molar-refractivity contribution in [1.29, 1.82) is 0 Å². The van der Waals surface area contributed by atoms with Crippen LogP contribution in [0.4, 0.5) is 0 Å². The van der Waals surface area contributed by atoms with Gasteiger partial charge in [0.1, 0.15) is 5.69 Å². The number of nitrogens with zero attached hydrogens (tertiary/aromatic N) is 1. The Balaban J connectivity index is 1.78. The number of amides is 1. The fourth-order valence-electron chi connectivity index (χ4n) is 4.09. The molecule has 1 aromatic heterocycles. The average Bonchev–Trinajstić information content (AvgIpc) is 3.13. The molecule has 0 radical (unpaired) electrons. The Hall–Kier alpha value is -2.63. The summed E-state index contributed by atoms with van der Waals surface area (Å²) in [4.78, 5) is 18.5. The third-order valence-corrected chi connectivity index (χ3v) is 5.54. The first-order valence-corrected chi connectivity index (χ1v) is 9.41. The molecule has 1 amide bonds. The molecule has 3 aromatic rings. The van der Waals surface area contributed by atoms with Crippen molar-refractivity contribution in [2.45, 2.75) is 18.9 Å². The molecule has 0 spiro atoms. The lowest BCUT2D eigenvalue weighted by molar-refractivity contribution is 0.0333. The Kier molecular flexibility index (Phi) is 4.97. The summed E-state index contributed by atoms with van der Waals surface area (Å²) in [5.74, 6) is 0.0444. The van der Waals surface area contributed by atoms with Crippen molar-refractivity contribution in [3.63, 3.8) is 0 Å². The third kappa shape index (κ3) is 3.24. The summed E-state index contributed by atoms with van der Waals surface area (Å²) in [5, 5.41) is 20.3.